The fraction of sp³-hybridized carbons (Fsp3) is 0.316. The van der Waals surface area contributed by atoms with E-state index in [1.54, 1.807) is 23.3 Å². The molecule has 2 aromatic heterocycles. The van der Waals surface area contributed by atoms with Crippen LogP contribution in [0.5, 0.6) is 5.75 Å². The van der Waals surface area contributed by atoms with Crippen molar-refractivity contribution in [3.05, 3.63) is 57.7 Å². The number of benzene rings is 1. The molecule has 0 aliphatic rings. The first kappa shape index (κ1) is 19.4. The molecule has 0 saturated heterocycles. The summed E-state index contributed by atoms with van der Waals surface area (Å²) in [5.41, 5.74) is 2.99. The Morgan fingerprint density at radius 3 is 2.67 bits per heavy atom. The predicted molar refractivity (Wildman–Crippen MR) is 112 cm³/mol. The smallest absolute Gasteiger partial charge is 0.226 e. The van der Waals surface area contributed by atoms with Crippen molar-refractivity contribution in [2.75, 3.05) is 5.32 Å². The van der Waals surface area contributed by atoms with Crippen molar-refractivity contribution < 1.29 is 9.53 Å². The number of halogens is 1. The topological polar surface area (TPSA) is 74.0 Å². The maximum atomic E-state index is 12.1. The monoisotopic (exact) mass is 479 g/mol. The quantitative estimate of drug-likeness (QED) is 0.501. The van der Waals surface area contributed by atoms with Crippen LogP contribution in [-0.4, -0.2) is 25.5 Å². The van der Waals surface area contributed by atoms with Gasteiger partial charge in [0.25, 0.3) is 0 Å². The van der Waals surface area contributed by atoms with E-state index in [2.05, 4.69) is 45.0 Å². The molecule has 142 valence electrons. The molecule has 0 saturated carbocycles. The van der Waals surface area contributed by atoms with Crippen LogP contribution in [0.3, 0.4) is 0 Å². The third-order valence-electron chi connectivity index (χ3n) is 4.21. The maximum absolute atomic E-state index is 12.1. The molecular formula is C19H22IN5O2. The second-order valence-electron chi connectivity index (χ2n) is 6.14. The molecular weight excluding hydrogens is 457 g/mol. The van der Waals surface area contributed by atoms with Crippen molar-refractivity contribution in [1.82, 2.24) is 19.6 Å². The first-order valence-electron chi connectivity index (χ1n) is 8.77. The minimum absolute atomic E-state index is 0.0736. The molecule has 0 fully saturated rings. The fourth-order valence-corrected chi connectivity index (χ4v) is 2.94. The van der Waals surface area contributed by atoms with Gasteiger partial charge >= 0.3 is 0 Å². The van der Waals surface area contributed by atoms with E-state index in [4.69, 9.17) is 4.74 Å². The number of amides is 1. The average molecular weight is 479 g/mol. The number of carbonyl (C=O) groups is 1. The average Bonchev–Trinajstić information content (AvgIpc) is 3.25. The predicted octanol–water partition coefficient (Wildman–Crippen LogP) is 3.62. The lowest BCUT2D eigenvalue weighted by molar-refractivity contribution is -0.116. The number of ether oxygens (including phenoxy) is 1. The number of aryl methyl sites for hydroxylation is 2. The van der Waals surface area contributed by atoms with Gasteiger partial charge in [-0.1, -0.05) is 19.1 Å². The third-order valence-corrected chi connectivity index (χ3v) is 5.27. The van der Waals surface area contributed by atoms with Gasteiger partial charge in [-0.3, -0.25) is 9.48 Å². The lowest BCUT2D eigenvalue weighted by Gasteiger charge is -2.07. The summed E-state index contributed by atoms with van der Waals surface area (Å²) in [7, 11) is 0. The lowest BCUT2D eigenvalue weighted by Crippen LogP contribution is -2.15. The van der Waals surface area contributed by atoms with E-state index in [0.717, 1.165) is 21.4 Å². The van der Waals surface area contributed by atoms with Crippen LogP contribution >= 0.6 is 22.6 Å². The van der Waals surface area contributed by atoms with E-state index in [0.29, 0.717) is 18.7 Å². The zero-order chi connectivity index (χ0) is 19.2. The van der Waals surface area contributed by atoms with Crippen LogP contribution in [0.1, 0.15) is 24.6 Å². The maximum Gasteiger partial charge on any atom is 0.226 e. The van der Waals surface area contributed by atoms with Crippen LogP contribution in [-0.2, 0) is 24.5 Å². The molecule has 0 unspecified atom stereocenters. The Hall–Kier alpha value is -2.36. The number of anilines is 1. The highest BCUT2D eigenvalue weighted by Gasteiger charge is 2.08. The molecule has 8 heteroatoms. The number of rotatable bonds is 8. The van der Waals surface area contributed by atoms with E-state index in [1.165, 1.54) is 5.56 Å². The number of hydrogen-bond acceptors (Lipinski definition) is 4. The molecule has 1 N–H and O–H groups in total. The molecule has 3 rings (SSSR count). The largest absolute Gasteiger partial charge is 0.471 e. The molecule has 0 atom stereocenters. The summed E-state index contributed by atoms with van der Waals surface area (Å²) in [4.78, 5) is 12.1. The molecule has 3 aromatic rings. The Bertz CT molecular complexity index is 901. The molecule has 1 amide bonds. The number of hydrogen-bond donors (Lipinski definition) is 1. The summed E-state index contributed by atoms with van der Waals surface area (Å²) in [6.45, 7) is 4.94. The summed E-state index contributed by atoms with van der Waals surface area (Å²) in [5, 5.41) is 11.3. The Kier molecular flexibility index (Phi) is 6.49. The summed E-state index contributed by atoms with van der Waals surface area (Å²) in [6.07, 6.45) is 6.52. The summed E-state index contributed by atoms with van der Waals surface area (Å²) in [6, 6.07) is 7.99. The van der Waals surface area contributed by atoms with E-state index in [9.17, 15) is 4.79 Å². The molecule has 7 nitrogen and oxygen atoms in total. The molecule has 0 spiro atoms. The molecule has 0 radical (unpaired) electrons. The van der Waals surface area contributed by atoms with Gasteiger partial charge in [-0.25, -0.2) is 4.68 Å². The van der Waals surface area contributed by atoms with Gasteiger partial charge in [-0.15, -0.1) is 0 Å². The zero-order valence-electron chi connectivity index (χ0n) is 15.4. The van der Waals surface area contributed by atoms with Gasteiger partial charge in [0.05, 0.1) is 34.4 Å². The van der Waals surface area contributed by atoms with Crippen LogP contribution in [0.25, 0.3) is 0 Å². The summed E-state index contributed by atoms with van der Waals surface area (Å²) >= 11 is 2.23. The highest BCUT2D eigenvalue weighted by atomic mass is 127. The van der Waals surface area contributed by atoms with Crippen molar-refractivity contribution in [3.63, 3.8) is 0 Å². The number of nitrogens with zero attached hydrogens (tertiary/aromatic N) is 4. The van der Waals surface area contributed by atoms with Crippen molar-refractivity contribution in [2.45, 2.75) is 40.0 Å². The van der Waals surface area contributed by atoms with Gasteiger partial charge < -0.3 is 10.1 Å². The Balaban J connectivity index is 1.46. The van der Waals surface area contributed by atoms with Gasteiger partial charge in [0, 0.05) is 12.1 Å². The Labute approximate surface area is 171 Å². The summed E-state index contributed by atoms with van der Waals surface area (Å²) in [5.74, 6) is 0.716. The number of carbonyl (C=O) groups excluding carboxylic acids is 1. The second kappa shape index (κ2) is 9.03. The standard InChI is InChI=1S/C19H22IN5O2/c1-3-15-4-6-17(7-5-15)27-13-24-12-16(10-21-24)23-19(26)8-9-25-14(2)18(20)11-22-25/h4-7,10-12H,3,8-9,13H2,1-2H3,(H,23,26). The molecule has 0 aliphatic heterocycles. The van der Waals surface area contributed by atoms with Crippen molar-refractivity contribution in [3.8, 4) is 5.75 Å². The van der Waals surface area contributed by atoms with Crippen molar-refractivity contribution >= 4 is 34.2 Å². The van der Waals surface area contributed by atoms with Gasteiger partial charge in [-0.2, -0.15) is 10.2 Å². The zero-order valence-corrected chi connectivity index (χ0v) is 17.5. The minimum Gasteiger partial charge on any atom is -0.471 e. The molecule has 27 heavy (non-hydrogen) atoms. The Morgan fingerprint density at radius 2 is 2.00 bits per heavy atom. The normalized spacial score (nSPS) is 10.8. The van der Waals surface area contributed by atoms with Gasteiger partial charge in [0.2, 0.25) is 5.91 Å². The molecule has 0 bridgehead atoms. The summed E-state index contributed by atoms with van der Waals surface area (Å²) < 4.78 is 10.3. The minimum atomic E-state index is -0.0736. The lowest BCUT2D eigenvalue weighted by atomic mass is 10.2. The molecule has 1 aromatic carbocycles. The molecule has 0 aliphatic carbocycles. The van der Waals surface area contributed by atoms with Gasteiger partial charge in [0.15, 0.2) is 6.73 Å². The second-order valence-corrected chi connectivity index (χ2v) is 7.30. The van der Waals surface area contributed by atoms with Gasteiger partial charge in [0.1, 0.15) is 5.75 Å². The van der Waals surface area contributed by atoms with E-state index >= 15 is 0 Å². The van der Waals surface area contributed by atoms with Crippen LogP contribution in [0.2, 0.25) is 0 Å². The van der Waals surface area contributed by atoms with E-state index in [1.807, 2.05) is 35.9 Å². The first-order chi connectivity index (χ1) is 13.0. The third kappa shape index (κ3) is 5.31. The van der Waals surface area contributed by atoms with Crippen molar-refractivity contribution in [1.29, 1.82) is 0 Å². The number of nitrogens with one attached hydrogen (secondary N) is 1. The van der Waals surface area contributed by atoms with Gasteiger partial charge in [-0.05, 0) is 53.6 Å². The fourth-order valence-electron chi connectivity index (χ4n) is 2.54. The SMILES string of the molecule is CCc1ccc(OCn2cc(NC(=O)CCn3ncc(I)c3C)cn2)cc1. The van der Waals surface area contributed by atoms with Crippen LogP contribution < -0.4 is 10.1 Å². The first-order valence-corrected chi connectivity index (χ1v) is 9.85. The van der Waals surface area contributed by atoms with Crippen LogP contribution in [0, 0.1) is 10.5 Å². The Morgan fingerprint density at radius 1 is 1.22 bits per heavy atom. The molecule has 2 heterocycles. The van der Waals surface area contributed by atoms with Crippen LogP contribution in [0.4, 0.5) is 5.69 Å². The van der Waals surface area contributed by atoms with Crippen molar-refractivity contribution in [2.24, 2.45) is 0 Å². The highest BCUT2D eigenvalue weighted by molar-refractivity contribution is 14.1. The number of aromatic nitrogens is 4. The van der Waals surface area contributed by atoms with Crippen LogP contribution in [0.15, 0.2) is 42.9 Å². The highest BCUT2D eigenvalue weighted by Crippen LogP contribution is 2.14. The van der Waals surface area contributed by atoms with E-state index in [-0.39, 0.29) is 12.6 Å². The van der Waals surface area contributed by atoms with E-state index < -0.39 is 0 Å².